The fourth-order valence-corrected chi connectivity index (χ4v) is 10.5. The van der Waals surface area contributed by atoms with Crippen LogP contribution in [-0.4, -0.2) is 175 Å². The van der Waals surface area contributed by atoms with Gasteiger partial charge in [-0.15, -0.1) is 0 Å². The first-order valence-corrected chi connectivity index (χ1v) is 22.0. The summed E-state index contributed by atoms with van der Waals surface area (Å²) >= 11 is 0. The first kappa shape index (κ1) is 50.8. The van der Waals surface area contributed by atoms with Gasteiger partial charge in [0.25, 0.3) is 0 Å². The molecule has 4 fully saturated rings. The lowest BCUT2D eigenvalue weighted by atomic mass is 9.73. The summed E-state index contributed by atoms with van der Waals surface area (Å²) in [4.78, 5) is 45.2. The van der Waals surface area contributed by atoms with Crippen LogP contribution in [0.1, 0.15) is 108 Å². The minimum Gasteiger partial charge on any atom is -0.459 e. The van der Waals surface area contributed by atoms with E-state index in [9.17, 15) is 29.7 Å². The van der Waals surface area contributed by atoms with Crippen molar-refractivity contribution in [3.05, 3.63) is 0 Å². The van der Waals surface area contributed by atoms with Crippen molar-refractivity contribution in [2.24, 2.45) is 23.7 Å². The lowest BCUT2D eigenvalue weighted by Gasteiger charge is -2.52. The molecular formula is C44H78N2O14. The van der Waals surface area contributed by atoms with Gasteiger partial charge in [-0.25, -0.2) is 0 Å². The molecule has 60 heavy (non-hydrogen) atoms. The maximum absolute atomic E-state index is 14.5. The van der Waals surface area contributed by atoms with E-state index in [4.69, 9.17) is 37.9 Å². The average molecular weight is 859 g/mol. The Morgan fingerprint density at radius 2 is 1.53 bits per heavy atom. The molecule has 16 nitrogen and oxygen atoms in total. The van der Waals surface area contributed by atoms with E-state index in [0.29, 0.717) is 19.4 Å². The van der Waals surface area contributed by atoms with Gasteiger partial charge in [0.15, 0.2) is 18.7 Å². The number of carbonyl (C=O) groups is 3. The minimum absolute atomic E-state index is 0.0231. The molecule has 4 aliphatic rings. The minimum atomic E-state index is -1.98. The van der Waals surface area contributed by atoms with Crippen molar-refractivity contribution in [3.8, 4) is 0 Å². The number of nitrogens with zero attached hydrogens (tertiary/aromatic N) is 2. The molecule has 19 atom stereocenters. The van der Waals surface area contributed by atoms with Crippen molar-refractivity contribution in [2.45, 2.75) is 199 Å². The number of β-amino-alcohol motifs (C(OH)–C–C–N with tert-alkyl or cyclic N) is 1. The van der Waals surface area contributed by atoms with Crippen LogP contribution in [0.15, 0.2) is 0 Å². The van der Waals surface area contributed by atoms with Crippen molar-refractivity contribution in [2.75, 3.05) is 41.4 Å². The third-order valence-corrected chi connectivity index (χ3v) is 14.1. The molecule has 0 aliphatic carbocycles. The van der Waals surface area contributed by atoms with Gasteiger partial charge < -0.3 is 58.1 Å². The molecule has 4 aliphatic heterocycles. The second-order valence-electron chi connectivity index (χ2n) is 19.2. The van der Waals surface area contributed by atoms with Gasteiger partial charge in [-0.1, -0.05) is 27.7 Å². The lowest BCUT2D eigenvalue weighted by molar-refractivity contribution is -0.315. The quantitative estimate of drug-likeness (QED) is 0.272. The van der Waals surface area contributed by atoms with Crippen LogP contribution in [0.2, 0.25) is 0 Å². The number of likely N-dealkylation sites (N-methyl/N-ethyl adjacent to an activating group) is 1. The molecule has 0 unspecified atom stereocenters. The van der Waals surface area contributed by atoms with Crippen molar-refractivity contribution in [3.63, 3.8) is 0 Å². The number of hydrogen-bond acceptors (Lipinski definition) is 16. The van der Waals surface area contributed by atoms with Crippen molar-refractivity contribution >= 4 is 17.7 Å². The van der Waals surface area contributed by atoms with E-state index in [1.165, 1.54) is 21.0 Å². The van der Waals surface area contributed by atoms with E-state index in [1.54, 1.807) is 41.7 Å². The number of likely N-dealkylation sites (tertiary alicyclic amines) is 1. The number of aliphatic hydroxyl groups excluding tert-OH is 2. The predicted octanol–water partition coefficient (Wildman–Crippen LogP) is 3.08. The number of ether oxygens (including phenoxy) is 8. The highest BCUT2D eigenvalue weighted by Gasteiger charge is 2.55. The maximum atomic E-state index is 14.5. The van der Waals surface area contributed by atoms with Crippen LogP contribution in [0.5, 0.6) is 0 Å². The Bertz CT molecular complexity index is 1450. The highest BCUT2D eigenvalue weighted by atomic mass is 16.7. The Morgan fingerprint density at radius 3 is 2.07 bits per heavy atom. The second-order valence-corrected chi connectivity index (χ2v) is 19.2. The summed E-state index contributed by atoms with van der Waals surface area (Å²) in [6.45, 7) is 20.1. The van der Waals surface area contributed by atoms with Crippen molar-refractivity contribution < 1.29 is 67.6 Å². The number of aliphatic hydroxyl groups is 3. The van der Waals surface area contributed by atoms with Gasteiger partial charge in [-0.05, 0) is 81.3 Å². The molecule has 348 valence electrons. The Kier molecular flexibility index (Phi) is 17.2. The Balaban J connectivity index is 1.88. The zero-order valence-corrected chi connectivity index (χ0v) is 38.9. The molecule has 3 N–H and O–H groups in total. The van der Waals surface area contributed by atoms with Gasteiger partial charge in [0.1, 0.15) is 23.1 Å². The molecule has 0 aromatic heterocycles. The van der Waals surface area contributed by atoms with E-state index in [2.05, 4.69) is 9.80 Å². The highest BCUT2D eigenvalue weighted by Crippen LogP contribution is 2.43. The van der Waals surface area contributed by atoms with E-state index < -0.39 is 108 Å². The zero-order chi connectivity index (χ0) is 45.2. The zero-order valence-electron chi connectivity index (χ0n) is 38.9. The van der Waals surface area contributed by atoms with Gasteiger partial charge in [0, 0.05) is 64.4 Å². The monoisotopic (exact) mass is 859 g/mol. The third-order valence-electron chi connectivity index (χ3n) is 14.1. The SMILES string of the molecule is CC[C@H]1OC(=O)[C@H](C)[C@@H](O[C@H]2C[C@@](C)(OC)[C@@H](OC(C)=O)[C@H](C)O2)[C@H](C)[C@@H](O[C@@H]2O[C@H](C)C[C@@H](N3CC[C@@H](O)C3)[C@@H]2N(C)C)[C@@](C)(OC)C[C@@H](C)C(=O)[C@H](C)[C@@H](O)[C@]1(C)O. The van der Waals surface area contributed by atoms with E-state index in [-0.39, 0.29) is 43.2 Å². The largest absolute Gasteiger partial charge is 0.459 e. The molecule has 0 aromatic rings. The molecule has 4 saturated heterocycles. The third kappa shape index (κ3) is 10.9. The Morgan fingerprint density at radius 1 is 0.917 bits per heavy atom. The number of methoxy groups -OCH3 is 2. The van der Waals surface area contributed by atoms with Gasteiger partial charge in [-0.2, -0.15) is 0 Å². The maximum Gasteiger partial charge on any atom is 0.311 e. The number of cyclic esters (lactones) is 1. The van der Waals surface area contributed by atoms with Crippen LogP contribution in [0, 0.1) is 23.7 Å². The standard InChI is InChI=1S/C44H78N2O14/c1-16-32-44(11,52)37(50)25(4)35(49)23(2)20-42(9,53-14)38(60-41-34(45(12)13)31(19-24(3)55-41)46-18-17-30(48)22-46)26(5)36(27(6)40(51)58-32)59-33-21-43(10,54-15)39(28(7)56-33)57-29(8)47/h23-28,30-34,36-39,41,48,50,52H,16-22H2,1-15H3/t23-,24-,25+,26+,27-,28+,30-,31-,32-,33+,34+,36+,37-,38-,39+,41+,42+,43-,44-/m1/s1. The first-order chi connectivity index (χ1) is 27.8. The van der Waals surface area contributed by atoms with Crippen LogP contribution < -0.4 is 0 Å². The Labute approximate surface area is 358 Å². The van der Waals surface area contributed by atoms with Crippen LogP contribution >= 0.6 is 0 Å². The second kappa shape index (κ2) is 20.3. The molecular weight excluding hydrogens is 780 g/mol. The normalized spacial score (nSPS) is 46.9. The smallest absolute Gasteiger partial charge is 0.311 e. The summed E-state index contributed by atoms with van der Waals surface area (Å²) in [7, 11) is 7.03. The highest BCUT2D eigenvalue weighted by molar-refractivity contribution is 5.83. The van der Waals surface area contributed by atoms with Crippen LogP contribution in [0.4, 0.5) is 0 Å². The molecule has 0 radical (unpaired) electrons. The van der Waals surface area contributed by atoms with Crippen LogP contribution in [0.25, 0.3) is 0 Å². The summed E-state index contributed by atoms with van der Waals surface area (Å²) in [5, 5.41) is 33.9. The van der Waals surface area contributed by atoms with Crippen molar-refractivity contribution in [1.29, 1.82) is 0 Å². The molecule has 0 bridgehead atoms. The number of hydrogen-bond donors (Lipinski definition) is 3. The van der Waals surface area contributed by atoms with Gasteiger partial charge in [0.05, 0.1) is 54.2 Å². The van der Waals surface area contributed by atoms with Gasteiger partial charge in [0.2, 0.25) is 0 Å². The van der Waals surface area contributed by atoms with E-state index >= 15 is 0 Å². The summed E-state index contributed by atoms with van der Waals surface area (Å²) in [5.41, 5.74) is -4.24. The number of Topliss-reactive ketones (excluding diaryl/α,β-unsaturated/α-hetero) is 1. The van der Waals surface area contributed by atoms with Gasteiger partial charge in [-0.3, -0.25) is 19.3 Å². The van der Waals surface area contributed by atoms with Crippen LogP contribution in [-0.2, 0) is 52.3 Å². The fourth-order valence-electron chi connectivity index (χ4n) is 10.5. The van der Waals surface area contributed by atoms with Crippen LogP contribution in [0.3, 0.4) is 0 Å². The molecule has 0 saturated carbocycles. The lowest BCUT2D eigenvalue weighted by Crippen LogP contribution is -2.64. The topological polar surface area (TPSA) is 192 Å². The summed E-state index contributed by atoms with van der Waals surface area (Å²) in [6, 6.07) is -0.315. The number of rotatable bonds is 10. The summed E-state index contributed by atoms with van der Waals surface area (Å²) in [5.74, 6) is -4.90. The molecule has 4 heterocycles. The van der Waals surface area contributed by atoms with E-state index in [1.807, 2.05) is 41.8 Å². The fraction of sp³-hybridized carbons (Fsp3) is 0.932. The first-order valence-electron chi connectivity index (χ1n) is 22.0. The average Bonchev–Trinajstić information content (AvgIpc) is 3.62. The van der Waals surface area contributed by atoms with E-state index in [0.717, 1.165) is 6.54 Å². The van der Waals surface area contributed by atoms with Gasteiger partial charge >= 0.3 is 11.9 Å². The molecule has 0 amide bonds. The molecule has 0 aromatic carbocycles. The summed E-state index contributed by atoms with van der Waals surface area (Å²) in [6.07, 6.45) is -6.71. The molecule has 16 heteroatoms. The number of carbonyl (C=O) groups excluding carboxylic acids is 3. The van der Waals surface area contributed by atoms with Crippen molar-refractivity contribution in [1.82, 2.24) is 9.80 Å². The number of ketones is 1. The molecule has 4 rings (SSSR count). The Hall–Kier alpha value is -1.83. The molecule has 0 spiro atoms. The predicted molar refractivity (Wildman–Crippen MR) is 221 cm³/mol. The number of esters is 2. The summed E-state index contributed by atoms with van der Waals surface area (Å²) < 4.78 is 51.5.